The second-order valence-corrected chi connectivity index (χ2v) is 21.4. The fourth-order valence-electron chi connectivity index (χ4n) is 6.96. The number of benzene rings is 8. The molecule has 0 aliphatic heterocycles. The van der Waals surface area contributed by atoms with Crippen molar-refractivity contribution in [3.05, 3.63) is 115 Å². The van der Waals surface area contributed by atoms with Crippen molar-refractivity contribution in [2.75, 3.05) is 0 Å². The largest absolute Gasteiger partial charge is 0.507 e. The van der Waals surface area contributed by atoms with Crippen LogP contribution in [-0.4, -0.2) is 75.1 Å². The van der Waals surface area contributed by atoms with Crippen LogP contribution >= 0.6 is 0 Å². The van der Waals surface area contributed by atoms with E-state index in [0.717, 1.165) is 48.5 Å². The molecule has 0 bridgehead atoms. The fourth-order valence-corrected chi connectivity index (χ4v) is 9.70. The van der Waals surface area contributed by atoms with Crippen molar-refractivity contribution in [2.45, 2.75) is 24.5 Å². The Morgan fingerprint density at radius 3 is 1.24 bits per heavy atom. The van der Waals surface area contributed by atoms with Crippen LogP contribution in [0.2, 0.25) is 0 Å². The minimum absolute atomic E-state index is 0.0153. The van der Waals surface area contributed by atoms with Gasteiger partial charge in [0.2, 0.25) is 0 Å². The molecule has 0 aliphatic rings. The van der Waals surface area contributed by atoms with E-state index in [0.29, 0.717) is 6.07 Å². The minimum Gasteiger partial charge on any atom is -0.507 e. The van der Waals surface area contributed by atoms with Gasteiger partial charge in [0.25, 0.3) is 50.6 Å². The number of hydrogen-bond acceptors (Lipinski definition) is 18. The molecule has 0 amide bonds. The summed E-state index contributed by atoms with van der Waals surface area (Å²) in [4.78, 5) is -3.67. The van der Waals surface area contributed by atoms with Crippen molar-refractivity contribution in [1.29, 1.82) is 0 Å². The smallest absolute Gasteiger partial charge is 0.296 e. The maximum Gasteiger partial charge on any atom is 0.296 e. The van der Waals surface area contributed by atoms with Gasteiger partial charge in [-0.25, -0.2) is 0 Å². The highest BCUT2D eigenvalue weighted by molar-refractivity contribution is 7.87. The molecule has 0 unspecified atom stereocenters. The Balaban J connectivity index is 1.26. The van der Waals surface area contributed by atoms with Crippen molar-refractivity contribution in [1.82, 2.24) is 0 Å². The molecule has 0 aromatic heterocycles. The Bertz CT molecular complexity index is 4200. The van der Waals surface area contributed by atoms with Gasteiger partial charge < -0.3 is 10.2 Å². The zero-order chi connectivity index (χ0) is 49.3. The van der Waals surface area contributed by atoms with Gasteiger partial charge in [0.05, 0.1) is 53.4 Å². The summed E-state index contributed by atoms with van der Waals surface area (Å²) < 4.78 is 171. The molecule has 28 heteroatoms. The first kappa shape index (κ1) is 47.3. The molecule has 8 aromatic carbocycles. The molecular weight excluding hydrogens is 997 g/mol. The first-order chi connectivity index (χ1) is 31.7. The van der Waals surface area contributed by atoms with Crippen LogP contribution in [0.1, 0.15) is 0 Å². The van der Waals surface area contributed by atoms with E-state index in [1.165, 1.54) is 48.5 Å². The van der Waals surface area contributed by atoms with E-state index in [1.807, 2.05) is 0 Å². The van der Waals surface area contributed by atoms with Crippen LogP contribution in [0.3, 0.4) is 0 Å². The predicted molar refractivity (Wildman–Crippen MR) is 241 cm³/mol. The highest BCUT2D eigenvalue weighted by Gasteiger charge is 2.24. The lowest BCUT2D eigenvalue weighted by Gasteiger charge is -2.10. The topological polar surface area (TPSA) is 386 Å². The summed E-state index contributed by atoms with van der Waals surface area (Å²) in [7, 11) is -24.6. The van der Waals surface area contributed by atoms with Crippen LogP contribution in [0.25, 0.3) is 43.1 Å². The normalized spacial score (nSPS) is 13.3. The third-order valence-electron chi connectivity index (χ3n) is 10.1. The van der Waals surface area contributed by atoms with Gasteiger partial charge >= 0.3 is 0 Å². The zero-order valence-corrected chi connectivity index (χ0v) is 37.5. The number of nitrogens with zero attached hydrogens (tertiary/aromatic N) is 6. The minimum atomic E-state index is -5.00. The van der Waals surface area contributed by atoms with Gasteiger partial charge in [-0.05, 0) is 83.6 Å². The lowest BCUT2D eigenvalue weighted by Crippen LogP contribution is -2.00. The van der Waals surface area contributed by atoms with Gasteiger partial charge in [0.1, 0.15) is 16.3 Å². The Hall–Kier alpha value is -7.25. The van der Waals surface area contributed by atoms with Gasteiger partial charge in [-0.1, -0.05) is 36.4 Å². The maximum absolute atomic E-state index is 12.4. The van der Waals surface area contributed by atoms with Crippen molar-refractivity contribution in [3.8, 4) is 11.5 Å². The lowest BCUT2D eigenvalue weighted by atomic mass is 10.1. The molecule has 68 heavy (non-hydrogen) atoms. The third kappa shape index (κ3) is 9.35. The van der Waals surface area contributed by atoms with E-state index in [-0.39, 0.29) is 65.8 Å². The van der Waals surface area contributed by atoms with Gasteiger partial charge in [0, 0.05) is 33.0 Å². The number of phenols is 2. The molecule has 0 aliphatic carbocycles. The fraction of sp³-hybridized carbons (Fsp3) is 0. The summed E-state index contributed by atoms with van der Waals surface area (Å²) in [5, 5.41) is 46.3. The van der Waals surface area contributed by atoms with Crippen molar-refractivity contribution >= 4 is 128 Å². The molecule has 8 aromatic rings. The highest BCUT2D eigenvalue weighted by atomic mass is 32.2. The van der Waals surface area contributed by atoms with E-state index < -0.39 is 97.9 Å². The molecule has 23 nitrogen and oxygen atoms in total. The quantitative estimate of drug-likeness (QED) is 0.0468. The Kier molecular flexibility index (Phi) is 11.7. The van der Waals surface area contributed by atoms with Gasteiger partial charge in [0.15, 0.2) is 5.75 Å². The van der Waals surface area contributed by atoms with Crippen molar-refractivity contribution in [2.24, 2.45) is 30.7 Å². The number of azo groups is 3. The summed E-state index contributed by atoms with van der Waals surface area (Å²) in [6.45, 7) is 0. The molecule has 0 radical (unpaired) electrons. The van der Waals surface area contributed by atoms with E-state index in [9.17, 15) is 75.1 Å². The molecular formula is C40H26N6O17S5. The number of rotatable bonds is 11. The molecule has 0 saturated heterocycles. The lowest BCUT2D eigenvalue weighted by molar-refractivity contribution is 0.470. The highest BCUT2D eigenvalue weighted by Crippen LogP contribution is 2.44. The van der Waals surface area contributed by atoms with Crippen molar-refractivity contribution < 1.29 is 75.1 Å². The summed E-state index contributed by atoms with van der Waals surface area (Å²) in [6, 6.07) is 21.7. The van der Waals surface area contributed by atoms with E-state index in [2.05, 4.69) is 30.7 Å². The Morgan fingerprint density at radius 2 is 0.765 bits per heavy atom. The van der Waals surface area contributed by atoms with E-state index in [1.54, 1.807) is 12.1 Å². The van der Waals surface area contributed by atoms with Crippen LogP contribution < -0.4 is 0 Å². The number of hydrogen-bond donors (Lipinski definition) is 7. The average molecular weight is 1020 g/mol. The average Bonchev–Trinajstić information content (AvgIpc) is 3.25. The van der Waals surface area contributed by atoms with Crippen LogP contribution in [0.15, 0.2) is 170 Å². The zero-order valence-electron chi connectivity index (χ0n) is 33.4. The van der Waals surface area contributed by atoms with Crippen LogP contribution in [0.4, 0.5) is 34.1 Å². The standard InChI is InChI=1S/C40H26N6O17S5/c47-36-19-25(67(58,59)60)14-21-13-24(66(55,56)57)18-35(38(21)36)45-42-32-9-11-33(29-16-22(64(49,50)51)5-7-27(29)32)43-41-31-10-12-34(30-17-23(65(52,53)54)6-8-28(30)31)44-46-39-37(68(61,62)63)15-20-3-1-2-4-26(20)40(39)48/h1-19,47-48H,(H,49,50,51)(H,52,53,54)(H,55,56,57)(H,58,59,60)(H,61,62,63). The summed E-state index contributed by atoms with van der Waals surface area (Å²) in [6.07, 6.45) is 0. The number of aromatic hydroxyl groups is 2. The van der Waals surface area contributed by atoms with Gasteiger partial charge in [-0.2, -0.15) is 42.1 Å². The summed E-state index contributed by atoms with van der Waals surface area (Å²) >= 11 is 0. The second-order valence-electron chi connectivity index (χ2n) is 14.4. The maximum atomic E-state index is 12.4. The molecule has 0 heterocycles. The first-order valence-corrected chi connectivity index (χ1v) is 25.7. The summed E-state index contributed by atoms with van der Waals surface area (Å²) in [5.41, 5.74) is -1.44. The predicted octanol–water partition coefficient (Wildman–Crippen LogP) is 9.19. The molecule has 0 saturated carbocycles. The first-order valence-electron chi connectivity index (χ1n) is 18.5. The van der Waals surface area contributed by atoms with Crippen LogP contribution in [0, 0.1) is 0 Å². The Morgan fingerprint density at radius 1 is 0.338 bits per heavy atom. The Labute approximate surface area is 382 Å². The molecule has 7 N–H and O–H groups in total. The van der Waals surface area contributed by atoms with E-state index >= 15 is 0 Å². The van der Waals surface area contributed by atoms with E-state index in [4.69, 9.17) is 0 Å². The van der Waals surface area contributed by atoms with Gasteiger partial charge in [-0.3, -0.25) is 22.8 Å². The number of phenolic OH excluding ortho intramolecular Hbond substituents is 2. The molecule has 0 fully saturated rings. The van der Waals surface area contributed by atoms with Gasteiger partial charge in [-0.15, -0.1) is 30.7 Å². The monoisotopic (exact) mass is 1020 g/mol. The molecule has 348 valence electrons. The number of fused-ring (bicyclic) bond motifs is 4. The van der Waals surface area contributed by atoms with Crippen LogP contribution in [0.5, 0.6) is 11.5 Å². The summed E-state index contributed by atoms with van der Waals surface area (Å²) in [5.74, 6) is -1.46. The van der Waals surface area contributed by atoms with Crippen LogP contribution in [-0.2, 0) is 50.6 Å². The molecule has 8 rings (SSSR count). The van der Waals surface area contributed by atoms with Crippen molar-refractivity contribution in [3.63, 3.8) is 0 Å². The second kappa shape index (κ2) is 16.8. The molecule has 0 spiro atoms. The molecule has 0 atom stereocenters. The SMILES string of the molecule is O=S(=O)(O)c1cc(O)c2c(N=Nc3ccc(N=Nc4ccc(N=Nc5c(S(=O)(=O)O)cc6ccccc6c5O)c5cc(S(=O)(=O)O)ccc45)c4cc(S(=O)(=O)O)ccc34)cc(S(=O)(=O)O)cc2c1. The third-order valence-corrected chi connectivity index (χ3v) is 14.3.